The fraction of sp³-hybridized carbons (Fsp3) is 0.698. The average molecular weight is 684 g/mol. The molecule has 0 saturated heterocycles. The van der Waals surface area contributed by atoms with E-state index in [4.69, 9.17) is 9.84 Å². The van der Waals surface area contributed by atoms with E-state index in [9.17, 15) is 14.4 Å². The molecule has 6 nitrogen and oxygen atoms in total. The Labute approximate surface area is 301 Å². The van der Waals surface area contributed by atoms with Crippen LogP contribution in [0.3, 0.4) is 0 Å². The van der Waals surface area contributed by atoms with E-state index in [-0.39, 0.29) is 24.5 Å². The molecule has 1 amide bonds. The third kappa shape index (κ3) is 37.8. The van der Waals surface area contributed by atoms with Crippen LogP contribution in [0.25, 0.3) is 0 Å². The van der Waals surface area contributed by atoms with Crippen molar-refractivity contribution in [1.29, 1.82) is 0 Å². The van der Waals surface area contributed by atoms with Crippen molar-refractivity contribution in [1.82, 2.24) is 5.32 Å². The van der Waals surface area contributed by atoms with Crippen molar-refractivity contribution in [3.63, 3.8) is 0 Å². The summed E-state index contributed by atoms with van der Waals surface area (Å²) in [4.78, 5) is 34.9. The quantitative estimate of drug-likeness (QED) is 0.0394. The van der Waals surface area contributed by atoms with Crippen LogP contribution in [0.1, 0.15) is 181 Å². The molecule has 1 unspecified atom stereocenters. The van der Waals surface area contributed by atoms with Gasteiger partial charge in [-0.3, -0.25) is 14.4 Å². The molecule has 0 saturated carbocycles. The molecule has 0 bridgehead atoms. The Morgan fingerprint density at radius 2 is 1.06 bits per heavy atom. The fourth-order valence-corrected chi connectivity index (χ4v) is 5.47. The highest BCUT2D eigenvalue weighted by molar-refractivity contribution is 5.80. The monoisotopic (exact) mass is 684 g/mol. The number of allylic oxidation sites excluding steroid dienone is 9. The van der Waals surface area contributed by atoms with Crippen molar-refractivity contribution in [3.8, 4) is 0 Å². The predicted octanol–water partition coefficient (Wildman–Crippen LogP) is 12.1. The van der Waals surface area contributed by atoms with Gasteiger partial charge in [-0.25, -0.2) is 0 Å². The van der Waals surface area contributed by atoms with E-state index in [0.717, 1.165) is 89.9 Å². The first-order valence-corrected chi connectivity index (χ1v) is 19.9. The third-order valence-corrected chi connectivity index (χ3v) is 8.41. The lowest BCUT2D eigenvalue weighted by Gasteiger charge is -2.15. The summed E-state index contributed by atoms with van der Waals surface area (Å²) in [5.74, 6) is -1.34. The summed E-state index contributed by atoms with van der Waals surface area (Å²) in [5, 5.41) is 11.1. The lowest BCUT2D eigenvalue weighted by Crippen LogP contribution is -2.28. The van der Waals surface area contributed by atoms with Crippen LogP contribution in [-0.4, -0.2) is 35.6 Å². The number of amides is 1. The van der Waals surface area contributed by atoms with Gasteiger partial charge in [0.15, 0.2) is 0 Å². The molecule has 0 aromatic rings. The highest BCUT2D eigenvalue weighted by atomic mass is 16.5. The van der Waals surface area contributed by atoms with Gasteiger partial charge in [-0.15, -0.1) is 0 Å². The van der Waals surface area contributed by atoms with Crippen LogP contribution in [0.4, 0.5) is 0 Å². The molecule has 0 fully saturated rings. The van der Waals surface area contributed by atoms with Gasteiger partial charge in [-0.05, 0) is 83.1 Å². The third-order valence-electron chi connectivity index (χ3n) is 8.41. The molecule has 6 heteroatoms. The Hall–Kier alpha value is -2.89. The van der Waals surface area contributed by atoms with Gasteiger partial charge in [0.25, 0.3) is 0 Å². The van der Waals surface area contributed by atoms with Crippen LogP contribution in [0, 0.1) is 0 Å². The number of unbranched alkanes of at least 4 members (excludes halogenated alkanes) is 16. The molecule has 0 aromatic carbocycles. The molecular weight excluding hydrogens is 610 g/mol. The van der Waals surface area contributed by atoms with E-state index in [1.54, 1.807) is 0 Å². The largest absolute Gasteiger partial charge is 0.480 e. The van der Waals surface area contributed by atoms with Crippen molar-refractivity contribution in [2.24, 2.45) is 0 Å². The molecule has 280 valence electrons. The minimum absolute atomic E-state index is 0.0972. The maximum Gasteiger partial charge on any atom is 0.322 e. The molecule has 2 N–H and O–H groups in total. The number of hydrogen-bond donors (Lipinski definition) is 2. The van der Waals surface area contributed by atoms with Crippen molar-refractivity contribution in [2.45, 2.75) is 187 Å². The number of ether oxygens (including phenoxy) is 1. The summed E-state index contributed by atoms with van der Waals surface area (Å²) in [7, 11) is 0. The number of rotatable bonds is 35. The summed E-state index contributed by atoms with van der Waals surface area (Å²) in [5.41, 5.74) is 0. The molecule has 0 aliphatic carbocycles. The van der Waals surface area contributed by atoms with Gasteiger partial charge in [-0.1, -0.05) is 146 Å². The highest BCUT2D eigenvalue weighted by Crippen LogP contribution is 2.15. The maximum absolute atomic E-state index is 12.7. The van der Waals surface area contributed by atoms with Gasteiger partial charge in [-0.2, -0.15) is 0 Å². The highest BCUT2D eigenvalue weighted by Gasteiger charge is 2.12. The smallest absolute Gasteiger partial charge is 0.322 e. The minimum Gasteiger partial charge on any atom is -0.480 e. The lowest BCUT2D eigenvalue weighted by atomic mass is 10.1. The van der Waals surface area contributed by atoms with Crippen molar-refractivity contribution >= 4 is 17.8 Å². The first-order valence-electron chi connectivity index (χ1n) is 19.9. The van der Waals surface area contributed by atoms with Crippen molar-refractivity contribution < 1.29 is 24.2 Å². The van der Waals surface area contributed by atoms with E-state index in [1.807, 2.05) is 0 Å². The Balaban J connectivity index is 4.16. The first kappa shape index (κ1) is 46.1. The molecule has 0 heterocycles. The maximum atomic E-state index is 12.7. The Kier molecular flexibility index (Phi) is 35.7. The number of carbonyl (C=O) groups is 3. The van der Waals surface area contributed by atoms with Crippen LogP contribution in [-0.2, 0) is 19.1 Å². The SMILES string of the molecule is CC/C=C\C/C=C\C/C=C\C/C=C\CCCCCCCCC(=O)OC(/C=C\CCCCCCCCC)CCCCCCC(=O)NCC(=O)O. The van der Waals surface area contributed by atoms with Crippen LogP contribution in [0.5, 0.6) is 0 Å². The van der Waals surface area contributed by atoms with E-state index in [1.165, 1.54) is 64.2 Å². The van der Waals surface area contributed by atoms with Gasteiger partial charge >= 0.3 is 11.9 Å². The molecule has 0 aliphatic heterocycles. The molecule has 49 heavy (non-hydrogen) atoms. The van der Waals surface area contributed by atoms with Crippen molar-refractivity contribution in [2.75, 3.05) is 6.54 Å². The summed E-state index contributed by atoms with van der Waals surface area (Å²) in [6.07, 6.45) is 49.2. The molecule has 1 atom stereocenters. The summed E-state index contributed by atoms with van der Waals surface area (Å²) < 4.78 is 5.90. The number of hydrogen-bond acceptors (Lipinski definition) is 4. The molecule has 0 rings (SSSR count). The Bertz CT molecular complexity index is 933. The molecule has 0 aromatic heterocycles. The zero-order valence-corrected chi connectivity index (χ0v) is 31.5. The second kappa shape index (κ2) is 37.9. The number of nitrogens with one attached hydrogen (secondary N) is 1. The zero-order chi connectivity index (χ0) is 35.9. The normalized spacial score (nSPS) is 12.7. The molecule has 0 radical (unpaired) electrons. The molecule has 0 spiro atoms. The lowest BCUT2D eigenvalue weighted by molar-refractivity contribution is -0.147. The summed E-state index contributed by atoms with van der Waals surface area (Å²) in [6.45, 7) is 4.07. The Morgan fingerprint density at radius 3 is 1.65 bits per heavy atom. The van der Waals surface area contributed by atoms with Crippen LogP contribution in [0.2, 0.25) is 0 Å². The van der Waals surface area contributed by atoms with E-state index in [0.29, 0.717) is 12.8 Å². The van der Waals surface area contributed by atoms with Crippen molar-refractivity contribution in [3.05, 3.63) is 60.8 Å². The first-order chi connectivity index (χ1) is 24.0. The zero-order valence-electron chi connectivity index (χ0n) is 31.5. The van der Waals surface area contributed by atoms with Crippen LogP contribution < -0.4 is 5.32 Å². The number of esters is 1. The second-order valence-corrected chi connectivity index (χ2v) is 13.2. The second-order valence-electron chi connectivity index (χ2n) is 13.2. The van der Waals surface area contributed by atoms with Gasteiger partial charge in [0, 0.05) is 12.8 Å². The number of aliphatic carboxylic acids is 1. The number of carbonyl (C=O) groups excluding carboxylic acids is 2. The van der Waals surface area contributed by atoms with Gasteiger partial charge in [0.1, 0.15) is 12.6 Å². The van der Waals surface area contributed by atoms with E-state index >= 15 is 0 Å². The molecular formula is C43H73NO5. The van der Waals surface area contributed by atoms with Gasteiger partial charge in [0.05, 0.1) is 0 Å². The number of carboxylic acids is 1. The van der Waals surface area contributed by atoms with Gasteiger partial charge in [0.2, 0.25) is 5.91 Å². The van der Waals surface area contributed by atoms with Gasteiger partial charge < -0.3 is 15.2 Å². The Morgan fingerprint density at radius 1 is 0.571 bits per heavy atom. The number of carboxylic acid groups (broad SMARTS) is 1. The molecule has 0 aliphatic rings. The standard InChI is InChI=1S/C43H73NO5/c1-3-5-7-9-11-13-14-15-16-17-18-19-20-21-22-24-26-28-34-38-43(48)49-40(35-31-27-25-23-12-10-8-6-4-2)36-32-29-30-33-37-41(45)44-39-42(46)47/h5,7,11,13,15-16,18-19,31,35,40H,3-4,6,8-10,12,14,17,20-30,32-34,36-39H2,1-2H3,(H,44,45)(H,46,47)/b7-5-,13-11-,16-15-,19-18-,35-31-. The summed E-state index contributed by atoms with van der Waals surface area (Å²) >= 11 is 0. The fourth-order valence-electron chi connectivity index (χ4n) is 5.47. The van der Waals surface area contributed by atoms with E-state index in [2.05, 4.69) is 79.9 Å². The van der Waals surface area contributed by atoms with Crippen LogP contribution >= 0.6 is 0 Å². The van der Waals surface area contributed by atoms with E-state index < -0.39 is 5.97 Å². The average Bonchev–Trinajstić information content (AvgIpc) is 3.08. The predicted molar refractivity (Wildman–Crippen MR) is 208 cm³/mol. The minimum atomic E-state index is -1.03. The topological polar surface area (TPSA) is 92.7 Å². The summed E-state index contributed by atoms with van der Waals surface area (Å²) in [6, 6.07) is 0. The van der Waals surface area contributed by atoms with Crippen LogP contribution in [0.15, 0.2) is 60.8 Å².